The lowest BCUT2D eigenvalue weighted by Crippen LogP contribution is -2.13. The van der Waals surface area contributed by atoms with Gasteiger partial charge in [0.15, 0.2) is 6.34 Å². The normalized spacial score (nSPS) is 11.3. The van der Waals surface area contributed by atoms with Crippen LogP contribution in [0.15, 0.2) is 94.3 Å². The Morgan fingerprint density at radius 2 is 1.14 bits per heavy atom. The minimum Gasteiger partial charge on any atom is -0.302 e. The molecular weight excluding hydrogens is 375 g/mol. The minimum atomic E-state index is -2.76. The molecule has 0 heterocycles. The molecular formula is C18H14BrOPS. The van der Waals surface area contributed by atoms with Crippen LogP contribution in [0.25, 0.3) is 0 Å². The first kappa shape index (κ1) is 15.6. The molecule has 110 valence electrons. The van der Waals surface area contributed by atoms with E-state index in [1.807, 2.05) is 84.9 Å². The van der Waals surface area contributed by atoms with Gasteiger partial charge in [0, 0.05) is 20.0 Å². The van der Waals surface area contributed by atoms with Gasteiger partial charge in [0.2, 0.25) is 0 Å². The van der Waals surface area contributed by atoms with Gasteiger partial charge in [-0.05, 0) is 24.3 Å². The summed E-state index contributed by atoms with van der Waals surface area (Å²) in [6.07, 6.45) is -2.76. The van der Waals surface area contributed by atoms with Crippen molar-refractivity contribution in [1.29, 1.82) is 0 Å². The lowest BCUT2D eigenvalue weighted by molar-refractivity contribution is 0.595. The van der Waals surface area contributed by atoms with E-state index in [1.54, 1.807) is 0 Å². The average Bonchev–Trinajstić information content (AvgIpc) is 2.58. The Labute approximate surface area is 143 Å². The molecule has 0 spiro atoms. The summed E-state index contributed by atoms with van der Waals surface area (Å²) in [4.78, 5) is 0.999. The molecule has 4 heteroatoms. The van der Waals surface area contributed by atoms with E-state index in [9.17, 15) is 4.57 Å². The van der Waals surface area contributed by atoms with Crippen molar-refractivity contribution >= 4 is 44.3 Å². The van der Waals surface area contributed by atoms with Crippen LogP contribution in [-0.4, -0.2) is 0 Å². The van der Waals surface area contributed by atoms with Crippen molar-refractivity contribution in [1.82, 2.24) is 0 Å². The van der Waals surface area contributed by atoms with Crippen molar-refractivity contribution in [3.8, 4) is 0 Å². The van der Waals surface area contributed by atoms with Crippen LogP contribution in [-0.2, 0) is 4.57 Å². The summed E-state index contributed by atoms with van der Waals surface area (Å²) in [5, 5.41) is 1.74. The Hall–Kier alpha value is -1.28. The highest BCUT2D eigenvalue weighted by atomic mass is 79.9. The van der Waals surface area contributed by atoms with Crippen molar-refractivity contribution in [2.45, 2.75) is 4.90 Å². The van der Waals surface area contributed by atoms with Gasteiger partial charge in [-0.3, -0.25) is 0 Å². The highest BCUT2D eigenvalue weighted by Crippen LogP contribution is 2.59. The molecule has 0 atom stereocenters. The van der Waals surface area contributed by atoms with Gasteiger partial charge in [-0.25, -0.2) is 0 Å². The first-order chi connectivity index (χ1) is 10.7. The van der Waals surface area contributed by atoms with Gasteiger partial charge in [0.25, 0.3) is 0 Å². The highest BCUT2D eigenvalue weighted by molar-refractivity contribution is 9.10. The van der Waals surface area contributed by atoms with Gasteiger partial charge in [-0.2, -0.15) is 0 Å². The molecule has 0 radical (unpaired) electrons. The van der Waals surface area contributed by atoms with Gasteiger partial charge in [-0.15, -0.1) is 0 Å². The smallest absolute Gasteiger partial charge is 0.199 e. The third-order valence-corrected chi connectivity index (χ3v) is 9.13. The predicted molar refractivity (Wildman–Crippen MR) is 99.8 cm³/mol. The van der Waals surface area contributed by atoms with Crippen LogP contribution in [0.5, 0.6) is 0 Å². The quantitative estimate of drug-likeness (QED) is 0.551. The third-order valence-electron chi connectivity index (χ3n) is 3.24. The van der Waals surface area contributed by atoms with Crippen LogP contribution in [0, 0.1) is 0 Å². The second kappa shape index (κ2) is 6.87. The zero-order chi connectivity index (χ0) is 15.4. The van der Waals surface area contributed by atoms with E-state index in [0.717, 1.165) is 20.0 Å². The lowest BCUT2D eigenvalue weighted by Gasteiger charge is -2.18. The van der Waals surface area contributed by atoms with Crippen molar-refractivity contribution in [3.63, 3.8) is 0 Å². The van der Waals surface area contributed by atoms with Crippen LogP contribution >= 0.6 is 33.7 Å². The number of hydrogen-bond acceptors (Lipinski definition) is 2. The molecule has 0 aliphatic heterocycles. The van der Waals surface area contributed by atoms with E-state index >= 15 is 0 Å². The van der Waals surface area contributed by atoms with Gasteiger partial charge in [0.05, 0.1) is 0 Å². The first-order valence-corrected chi connectivity index (χ1v) is 10.8. The number of benzene rings is 3. The van der Waals surface area contributed by atoms with E-state index in [4.69, 9.17) is 0 Å². The molecule has 1 nitrogen and oxygen atoms in total. The molecule has 3 rings (SSSR count). The molecule has 3 aromatic carbocycles. The molecule has 0 saturated carbocycles. The van der Waals surface area contributed by atoms with Crippen LogP contribution < -0.4 is 10.6 Å². The maximum Gasteiger partial charge on any atom is 0.199 e. The summed E-state index contributed by atoms with van der Waals surface area (Å²) < 4.78 is 14.8. The van der Waals surface area contributed by atoms with Crippen LogP contribution in [0.3, 0.4) is 0 Å². The third kappa shape index (κ3) is 3.38. The lowest BCUT2D eigenvalue weighted by atomic mass is 10.4. The molecule has 3 aromatic rings. The summed E-state index contributed by atoms with van der Waals surface area (Å²) in [7, 11) is 0. The zero-order valence-electron chi connectivity index (χ0n) is 11.7. The largest absolute Gasteiger partial charge is 0.302 e. The Morgan fingerprint density at radius 1 is 0.682 bits per heavy atom. The fourth-order valence-electron chi connectivity index (χ4n) is 2.15. The Morgan fingerprint density at radius 3 is 1.59 bits per heavy atom. The molecule has 0 bridgehead atoms. The second-order valence-electron chi connectivity index (χ2n) is 4.77. The summed E-state index contributed by atoms with van der Waals surface area (Å²) in [5.41, 5.74) is 0. The molecule has 0 fully saturated rings. The van der Waals surface area contributed by atoms with E-state index in [2.05, 4.69) is 15.9 Å². The van der Waals surface area contributed by atoms with Crippen LogP contribution in [0.2, 0.25) is 0 Å². The van der Waals surface area contributed by atoms with Crippen molar-refractivity contribution in [3.05, 3.63) is 89.4 Å². The van der Waals surface area contributed by atoms with Crippen molar-refractivity contribution in [2.75, 3.05) is 0 Å². The van der Waals surface area contributed by atoms with Crippen molar-refractivity contribution in [2.24, 2.45) is 0 Å². The number of halogens is 1. The Balaban J connectivity index is 2.08. The molecule has 0 amide bonds. The topological polar surface area (TPSA) is 17.1 Å². The molecule has 0 aliphatic rings. The first-order valence-electron chi connectivity index (χ1n) is 6.85. The van der Waals surface area contributed by atoms with Crippen LogP contribution in [0.4, 0.5) is 0 Å². The van der Waals surface area contributed by atoms with E-state index < -0.39 is 6.34 Å². The summed E-state index contributed by atoms with van der Waals surface area (Å²) >= 11 is 4.88. The summed E-state index contributed by atoms with van der Waals surface area (Å²) in [5.74, 6) is 0. The zero-order valence-corrected chi connectivity index (χ0v) is 15.0. The average molecular weight is 389 g/mol. The van der Waals surface area contributed by atoms with Gasteiger partial charge < -0.3 is 4.57 Å². The maximum atomic E-state index is 13.8. The maximum absolute atomic E-state index is 13.8. The van der Waals surface area contributed by atoms with Crippen LogP contribution in [0.1, 0.15) is 0 Å². The fourth-order valence-corrected chi connectivity index (χ4v) is 7.22. The Bertz CT molecular complexity index is 745. The molecule has 0 N–H and O–H groups in total. The number of rotatable bonds is 4. The van der Waals surface area contributed by atoms with E-state index in [-0.39, 0.29) is 0 Å². The Kier molecular flexibility index (Phi) is 4.87. The predicted octanol–water partition coefficient (Wildman–Crippen LogP) is 5.47. The number of hydrogen-bond donors (Lipinski definition) is 0. The van der Waals surface area contributed by atoms with E-state index in [1.165, 1.54) is 11.4 Å². The molecule has 0 saturated heterocycles. The van der Waals surface area contributed by atoms with Gasteiger partial charge >= 0.3 is 0 Å². The van der Waals surface area contributed by atoms with Gasteiger partial charge in [-0.1, -0.05) is 88.0 Å². The molecule has 22 heavy (non-hydrogen) atoms. The summed E-state index contributed by atoms with van der Waals surface area (Å²) in [6, 6.07) is 27.4. The summed E-state index contributed by atoms with van der Waals surface area (Å²) in [6.45, 7) is 0. The monoisotopic (exact) mass is 388 g/mol. The minimum absolute atomic E-state index is 0.870. The highest BCUT2D eigenvalue weighted by Gasteiger charge is 2.28. The molecule has 0 aliphatic carbocycles. The van der Waals surface area contributed by atoms with E-state index in [0.29, 0.717) is 0 Å². The standard InChI is InChI=1S/C18H14BrOPS/c19-15-11-13-18(14-12-15)22-21(20,16-7-3-1-4-8-16)17-9-5-2-6-10-17/h1-14H. The fraction of sp³-hybridized carbons (Fsp3) is 0. The molecule has 0 aromatic heterocycles. The molecule has 0 unspecified atom stereocenters. The van der Waals surface area contributed by atoms with Crippen molar-refractivity contribution < 1.29 is 4.57 Å². The SMILES string of the molecule is O=P(Sc1ccc(Br)cc1)(c1ccccc1)c1ccccc1. The second-order valence-corrected chi connectivity index (χ2v) is 10.6. The van der Waals surface area contributed by atoms with Gasteiger partial charge in [0.1, 0.15) is 0 Å².